The van der Waals surface area contributed by atoms with Gasteiger partial charge in [-0.05, 0) is 26.8 Å². The van der Waals surface area contributed by atoms with E-state index in [9.17, 15) is 9.59 Å². The van der Waals surface area contributed by atoms with Gasteiger partial charge in [-0.1, -0.05) is 19.8 Å². The van der Waals surface area contributed by atoms with E-state index in [0.717, 1.165) is 25.8 Å². The number of carbonyl (C=O) groups excluding carboxylic acids is 2. The van der Waals surface area contributed by atoms with Gasteiger partial charge in [-0.15, -0.1) is 0 Å². The number of amides is 2. The minimum Gasteiger partial charge on any atom is -0.305 e. The van der Waals surface area contributed by atoms with E-state index in [-0.39, 0.29) is 23.9 Å². The molecule has 1 fully saturated rings. The maximum atomic E-state index is 11.9. The van der Waals surface area contributed by atoms with Crippen molar-refractivity contribution in [2.75, 3.05) is 6.54 Å². The van der Waals surface area contributed by atoms with Gasteiger partial charge in [-0.25, -0.2) is 0 Å². The summed E-state index contributed by atoms with van der Waals surface area (Å²) < 4.78 is 0. The van der Waals surface area contributed by atoms with Crippen molar-refractivity contribution in [1.82, 2.24) is 10.2 Å². The van der Waals surface area contributed by atoms with Gasteiger partial charge in [0.05, 0.1) is 12.5 Å². The van der Waals surface area contributed by atoms with Gasteiger partial charge in [0.15, 0.2) is 0 Å². The molecule has 0 radical (unpaired) electrons. The predicted octanol–water partition coefficient (Wildman–Crippen LogP) is 1.30. The Morgan fingerprint density at radius 1 is 1.38 bits per heavy atom. The van der Waals surface area contributed by atoms with Gasteiger partial charge in [0, 0.05) is 6.04 Å². The fraction of sp³-hybridized carbons (Fsp3) is 0.833. The zero-order valence-corrected chi connectivity index (χ0v) is 10.5. The zero-order chi connectivity index (χ0) is 12.1. The minimum atomic E-state index is -0.285. The molecule has 0 aromatic carbocycles. The molecule has 1 saturated heterocycles. The molecular weight excluding hydrogens is 204 g/mol. The Labute approximate surface area is 97.4 Å². The summed E-state index contributed by atoms with van der Waals surface area (Å²) in [5, 5.41) is 3.17. The van der Waals surface area contributed by atoms with E-state index in [2.05, 4.69) is 12.2 Å². The fourth-order valence-electron chi connectivity index (χ4n) is 2.00. The quantitative estimate of drug-likeness (QED) is 0.548. The molecule has 0 spiro atoms. The average molecular weight is 226 g/mol. The second kappa shape index (κ2) is 5.99. The number of likely N-dealkylation sites (tertiary alicyclic amines) is 1. The van der Waals surface area contributed by atoms with E-state index in [1.165, 1.54) is 4.90 Å². The molecule has 1 aliphatic heterocycles. The van der Waals surface area contributed by atoms with Gasteiger partial charge in [-0.2, -0.15) is 0 Å². The van der Waals surface area contributed by atoms with E-state index in [0.29, 0.717) is 6.42 Å². The van der Waals surface area contributed by atoms with Crippen molar-refractivity contribution in [3.63, 3.8) is 0 Å². The Kier molecular flexibility index (Phi) is 4.93. The van der Waals surface area contributed by atoms with Gasteiger partial charge >= 0.3 is 0 Å². The Morgan fingerprint density at radius 2 is 2.06 bits per heavy atom. The molecule has 4 nitrogen and oxygen atoms in total. The highest BCUT2D eigenvalue weighted by atomic mass is 16.2. The molecule has 0 aromatic rings. The number of hydrogen-bond donors (Lipinski definition) is 1. The topological polar surface area (TPSA) is 49.4 Å². The lowest BCUT2D eigenvalue weighted by Crippen LogP contribution is -2.42. The van der Waals surface area contributed by atoms with Crippen molar-refractivity contribution in [1.29, 1.82) is 0 Å². The summed E-state index contributed by atoms with van der Waals surface area (Å²) in [5.74, 6) is -0.107. The Balaban J connectivity index is 2.40. The first-order valence-corrected chi connectivity index (χ1v) is 6.17. The summed E-state index contributed by atoms with van der Waals surface area (Å²) >= 11 is 0. The largest absolute Gasteiger partial charge is 0.305 e. The van der Waals surface area contributed by atoms with E-state index < -0.39 is 0 Å². The number of nitrogens with one attached hydrogen (secondary N) is 1. The lowest BCUT2D eigenvalue weighted by atomic mass is 10.2. The SMILES string of the molecule is CCCCCNC1CC(=O)N(C(C)C)C1=O. The molecule has 1 N–H and O–H groups in total. The summed E-state index contributed by atoms with van der Waals surface area (Å²) in [5.41, 5.74) is 0. The van der Waals surface area contributed by atoms with E-state index >= 15 is 0 Å². The van der Waals surface area contributed by atoms with Crippen LogP contribution in [-0.2, 0) is 9.59 Å². The number of imide groups is 1. The molecule has 0 bridgehead atoms. The minimum absolute atomic E-state index is 0.0255. The first-order chi connectivity index (χ1) is 7.57. The number of carbonyl (C=O) groups is 2. The monoisotopic (exact) mass is 226 g/mol. The summed E-state index contributed by atoms with van der Waals surface area (Å²) in [6.07, 6.45) is 3.71. The van der Waals surface area contributed by atoms with E-state index in [1.807, 2.05) is 13.8 Å². The molecule has 4 heteroatoms. The zero-order valence-electron chi connectivity index (χ0n) is 10.5. The van der Waals surface area contributed by atoms with Crippen molar-refractivity contribution >= 4 is 11.8 Å². The molecule has 16 heavy (non-hydrogen) atoms. The number of rotatable bonds is 6. The second-order valence-electron chi connectivity index (χ2n) is 4.61. The molecule has 92 valence electrons. The van der Waals surface area contributed by atoms with Crippen LogP contribution in [0.25, 0.3) is 0 Å². The van der Waals surface area contributed by atoms with Crippen LogP contribution in [0.5, 0.6) is 0 Å². The Morgan fingerprint density at radius 3 is 2.56 bits per heavy atom. The Bertz CT molecular complexity index is 264. The molecule has 2 amide bonds. The Hall–Kier alpha value is -0.900. The van der Waals surface area contributed by atoms with Crippen LogP contribution in [0.2, 0.25) is 0 Å². The summed E-state index contributed by atoms with van der Waals surface area (Å²) in [7, 11) is 0. The van der Waals surface area contributed by atoms with Crippen LogP contribution in [-0.4, -0.2) is 35.3 Å². The van der Waals surface area contributed by atoms with Gasteiger partial charge < -0.3 is 5.32 Å². The van der Waals surface area contributed by atoms with E-state index in [4.69, 9.17) is 0 Å². The summed E-state index contributed by atoms with van der Waals surface area (Å²) in [6, 6.07) is -0.311. The number of hydrogen-bond acceptors (Lipinski definition) is 3. The highest BCUT2D eigenvalue weighted by Gasteiger charge is 2.39. The normalized spacial score (nSPS) is 21.2. The highest BCUT2D eigenvalue weighted by Crippen LogP contribution is 2.16. The van der Waals surface area contributed by atoms with Crippen molar-refractivity contribution < 1.29 is 9.59 Å². The van der Waals surface area contributed by atoms with Gasteiger partial charge in [0.25, 0.3) is 0 Å². The molecule has 0 aliphatic carbocycles. The lowest BCUT2D eigenvalue weighted by molar-refractivity contribution is -0.140. The van der Waals surface area contributed by atoms with Crippen LogP contribution in [0.1, 0.15) is 46.5 Å². The molecular formula is C12H22N2O2. The van der Waals surface area contributed by atoms with Gasteiger partial charge in [0.1, 0.15) is 0 Å². The first kappa shape index (κ1) is 13.2. The molecule has 1 unspecified atom stereocenters. The molecule has 1 rings (SSSR count). The fourth-order valence-corrected chi connectivity index (χ4v) is 2.00. The summed E-state index contributed by atoms with van der Waals surface area (Å²) in [6.45, 7) is 6.71. The van der Waals surface area contributed by atoms with Crippen LogP contribution < -0.4 is 5.32 Å². The lowest BCUT2D eigenvalue weighted by Gasteiger charge is -2.19. The van der Waals surface area contributed by atoms with Crippen molar-refractivity contribution in [3.8, 4) is 0 Å². The maximum Gasteiger partial charge on any atom is 0.247 e. The van der Waals surface area contributed by atoms with Crippen LogP contribution in [0.3, 0.4) is 0 Å². The van der Waals surface area contributed by atoms with Gasteiger partial charge in [-0.3, -0.25) is 14.5 Å². The van der Waals surface area contributed by atoms with Crippen molar-refractivity contribution in [2.45, 2.75) is 58.5 Å². The number of nitrogens with zero attached hydrogens (tertiary/aromatic N) is 1. The third kappa shape index (κ3) is 3.04. The molecule has 0 aromatic heterocycles. The third-order valence-electron chi connectivity index (χ3n) is 2.87. The molecule has 1 heterocycles. The molecule has 0 saturated carbocycles. The smallest absolute Gasteiger partial charge is 0.247 e. The van der Waals surface area contributed by atoms with Crippen molar-refractivity contribution in [2.24, 2.45) is 0 Å². The highest BCUT2D eigenvalue weighted by molar-refractivity contribution is 6.05. The van der Waals surface area contributed by atoms with E-state index in [1.54, 1.807) is 0 Å². The summed E-state index contributed by atoms with van der Waals surface area (Å²) in [4.78, 5) is 24.8. The van der Waals surface area contributed by atoms with Crippen molar-refractivity contribution in [3.05, 3.63) is 0 Å². The third-order valence-corrected chi connectivity index (χ3v) is 2.87. The predicted molar refractivity (Wildman–Crippen MR) is 62.9 cm³/mol. The standard InChI is InChI=1S/C12H22N2O2/c1-4-5-6-7-13-10-8-11(15)14(9(2)3)12(10)16/h9-10,13H,4-8H2,1-3H3. The average Bonchev–Trinajstić information content (AvgIpc) is 2.49. The van der Waals surface area contributed by atoms with Crippen LogP contribution in [0, 0.1) is 0 Å². The maximum absolute atomic E-state index is 11.9. The second-order valence-corrected chi connectivity index (χ2v) is 4.61. The first-order valence-electron chi connectivity index (χ1n) is 6.17. The molecule has 1 atom stereocenters. The number of unbranched alkanes of at least 4 members (excludes halogenated alkanes) is 2. The molecule has 1 aliphatic rings. The van der Waals surface area contributed by atoms with Gasteiger partial charge in [0.2, 0.25) is 11.8 Å². The van der Waals surface area contributed by atoms with Crippen LogP contribution in [0.15, 0.2) is 0 Å². The van der Waals surface area contributed by atoms with Crippen LogP contribution in [0.4, 0.5) is 0 Å². The van der Waals surface area contributed by atoms with Crippen LogP contribution >= 0.6 is 0 Å².